The molecule has 1 fully saturated rings. The minimum absolute atomic E-state index is 0.102. The quantitative estimate of drug-likeness (QED) is 0.762. The van der Waals surface area contributed by atoms with Gasteiger partial charge < -0.3 is 20.1 Å². The van der Waals surface area contributed by atoms with Crippen LogP contribution >= 0.6 is 0 Å². The summed E-state index contributed by atoms with van der Waals surface area (Å²) >= 11 is 0. The molecule has 2 N–H and O–H groups in total. The van der Waals surface area contributed by atoms with Crippen LogP contribution in [0.4, 0.5) is 0 Å². The Morgan fingerprint density at radius 3 is 2.64 bits per heavy atom. The monoisotopic (exact) mass is 384 g/mol. The van der Waals surface area contributed by atoms with E-state index in [2.05, 4.69) is 5.32 Å². The third-order valence-corrected chi connectivity index (χ3v) is 5.08. The fourth-order valence-corrected chi connectivity index (χ4v) is 3.60. The van der Waals surface area contributed by atoms with Crippen molar-refractivity contribution in [2.24, 2.45) is 0 Å². The van der Waals surface area contributed by atoms with Gasteiger partial charge in [0.15, 0.2) is 0 Å². The van der Waals surface area contributed by atoms with E-state index < -0.39 is 5.97 Å². The van der Waals surface area contributed by atoms with Crippen LogP contribution in [0, 0.1) is 0 Å². The lowest BCUT2D eigenvalue weighted by molar-refractivity contribution is -0.139. The molecule has 7 heteroatoms. The molecule has 28 heavy (non-hydrogen) atoms. The molecule has 148 valence electrons. The fourth-order valence-electron chi connectivity index (χ4n) is 3.60. The lowest BCUT2D eigenvalue weighted by Crippen LogP contribution is -2.39. The van der Waals surface area contributed by atoms with Gasteiger partial charge in [0.1, 0.15) is 0 Å². The number of ether oxygens (including phenoxy) is 1. The SMILES string of the molecule is COC1CC(CC(=O)O)N(C(=O)CCNC(=O)c2ccc3ccccc3c2)C1. The molecule has 1 aliphatic rings. The zero-order chi connectivity index (χ0) is 20.1. The number of carbonyl (C=O) groups is 3. The molecule has 7 nitrogen and oxygen atoms in total. The second-order valence-electron chi connectivity index (χ2n) is 6.96. The number of carboxylic acids is 1. The Balaban J connectivity index is 1.54. The first-order valence-electron chi connectivity index (χ1n) is 9.29. The molecule has 1 saturated heterocycles. The van der Waals surface area contributed by atoms with Gasteiger partial charge in [0, 0.05) is 38.2 Å². The van der Waals surface area contributed by atoms with E-state index in [4.69, 9.17) is 9.84 Å². The molecule has 0 radical (unpaired) electrons. The predicted molar refractivity (Wildman–Crippen MR) is 104 cm³/mol. The number of hydrogen-bond donors (Lipinski definition) is 2. The Hall–Kier alpha value is -2.93. The third kappa shape index (κ3) is 4.67. The number of amides is 2. The van der Waals surface area contributed by atoms with Crippen molar-refractivity contribution in [1.29, 1.82) is 0 Å². The Bertz CT molecular complexity index is 882. The molecule has 2 aromatic carbocycles. The number of methoxy groups -OCH3 is 1. The van der Waals surface area contributed by atoms with Gasteiger partial charge in [-0.3, -0.25) is 14.4 Å². The maximum Gasteiger partial charge on any atom is 0.305 e. The molecule has 0 saturated carbocycles. The van der Waals surface area contributed by atoms with E-state index >= 15 is 0 Å². The summed E-state index contributed by atoms with van der Waals surface area (Å²) in [5.74, 6) is -1.36. The van der Waals surface area contributed by atoms with Gasteiger partial charge in [0.05, 0.1) is 12.5 Å². The van der Waals surface area contributed by atoms with Crippen LogP contribution in [-0.4, -0.2) is 60.1 Å². The van der Waals surface area contributed by atoms with E-state index in [0.717, 1.165) is 10.8 Å². The Morgan fingerprint density at radius 1 is 1.18 bits per heavy atom. The number of nitrogens with one attached hydrogen (secondary N) is 1. The van der Waals surface area contributed by atoms with Gasteiger partial charge in [0.25, 0.3) is 5.91 Å². The summed E-state index contributed by atoms with van der Waals surface area (Å²) in [7, 11) is 1.56. The second kappa shape index (κ2) is 8.84. The molecular formula is C21H24N2O5. The number of hydrogen-bond acceptors (Lipinski definition) is 4. The molecule has 3 rings (SSSR count). The van der Waals surface area contributed by atoms with E-state index in [1.54, 1.807) is 18.1 Å². The van der Waals surface area contributed by atoms with Gasteiger partial charge in [0.2, 0.25) is 5.91 Å². The number of fused-ring (bicyclic) bond motifs is 1. The average Bonchev–Trinajstić information content (AvgIpc) is 3.09. The summed E-state index contributed by atoms with van der Waals surface area (Å²) in [6.45, 7) is 0.574. The zero-order valence-electron chi connectivity index (χ0n) is 15.8. The standard InChI is InChI=1S/C21H24N2O5/c1-28-18-11-17(12-20(25)26)23(13-18)19(24)8-9-22-21(27)16-7-6-14-4-2-3-5-15(14)10-16/h2-7,10,17-18H,8-9,11-13H2,1H3,(H,22,27)(H,25,26). The predicted octanol–water partition coefficient (Wildman–Crippen LogP) is 2.05. The zero-order valence-corrected chi connectivity index (χ0v) is 15.8. The minimum atomic E-state index is -0.941. The van der Waals surface area contributed by atoms with Gasteiger partial charge in [-0.15, -0.1) is 0 Å². The smallest absolute Gasteiger partial charge is 0.305 e. The molecule has 2 amide bonds. The summed E-state index contributed by atoms with van der Waals surface area (Å²) in [5.41, 5.74) is 0.538. The summed E-state index contributed by atoms with van der Waals surface area (Å²) in [5, 5.41) is 13.8. The summed E-state index contributed by atoms with van der Waals surface area (Å²) in [6, 6.07) is 12.9. The first-order valence-corrected chi connectivity index (χ1v) is 9.29. The molecule has 1 heterocycles. The van der Waals surface area contributed by atoms with E-state index in [-0.39, 0.29) is 43.3 Å². The average molecular weight is 384 g/mol. The molecule has 2 atom stereocenters. The number of carboxylic acid groups (broad SMARTS) is 1. The molecule has 0 bridgehead atoms. The lowest BCUT2D eigenvalue weighted by Gasteiger charge is -2.23. The minimum Gasteiger partial charge on any atom is -0.481 e. The largest absolute Gasteiger partial charge is 0.481 e. The summed E-state index contributed by atoms with van der Waals surface area (Å²) in [4.78, 5) is 37.5. The van der Waals surface area contributed by atoms with E-state index in [1.165, 1.54) is 0 Å². The van der Waals surface area contributed by atoms with Crippen molar-refractivity contribution in [2.45, 2.75) is 31.4 Å². The third-order valence-electron chi connectivity index (χ3n) is 5.08. The summed E-state index contributed by atoms with van der Waals surface area (Å²) in [6.07, 6.45) is 0.374. The molecular weight excluding hydrogens is 360 g/mol. The van der Waals surface area contributed by atoms with Gasteiger partial charge >= 0.3 is 5.97 Å². The van der Waals surface area contributed by atoms with Crippen molar-refractivity contribution >= 4 is 28.6 Å². The van der Waals surface area contributed by atoms with Gasteiger partial charge in [-0.25, -0.2) is 0 Å². The van der Waals surface area contributed by atoms with E-state index in [1.807, 2.05) is 36.4 Å². The molecule has 1 aliphatic heterocycles. The highest BCUT2D eigenvalue weighted by Crippen LogP contribution is 2.23. The highest BCUT2D eigenvalue weighted by atomic mass is 16.5. The van der Waals surface area contributed by atoms with Gasteiger partial charge in [-0.05, 0) is 29.3 Å². The molecule has 0 aromatic heterocycles. The van der Waals surface area contributed by atoms with Crippen LogP contribution in [0.2, 0.25) is 0 Å². The number of rotatable bonds is 7. The number of benzene rings is 2. The number of likely N-dealkylation sites (tertiary alicyclic amines) is 1. The highest BCUT2D eigenvalue weighted by Gasteiger charge is 2.36. The van der Waals surface area contributed by atoms with Crippen LogP contribution in [0.5, 0.6) is 0 Å². The lowest BCUT2D eigenvalue weighted by atomic mass is 10.1. The van der Waals surface area contributed by atoms with E-state index in [9.17, 15) is 14.4 Å². The van der Waals surface area contributed by atoms with Crippen LogP contribution in [0.3, 0.4) is 0 Å². The van der Waals surface area contributed by atoms with Crippen molar-refractivity contribution < 1.29 is 24.2 Å². The Kier molecular flexibility index (Phi) is 6.26. The van der Waals surface area contributed by atoms with Crippen LogP contribution in [0.15, 0.2) is 42.5 Å². The molecule has 2 unspecified atom stereocenters. The highest BCUT2D eigenvalue weighted by molar-refractivity contribution is 5.98. The Labute approximate surface area is 163 Å². The first kappa shape index (κ1) is 19.8. The number of carbonyl (C=O) groups excluding carboxylic acids is 2. The topological polar surface area (TPSA) is 95.9 Å². The Morgan fingerprint density at radius 2 is 1.93 bits per heavy atom. The van der Waals surface area contributed by atoms with Gasteiger partial charge in [-0.1, -0.05) is 30.3 Å². The van der Waals surface area contributed by atoms with Crippen LogP contribution in [-0.2, 0) is 14.3 Å². The molecule has 2 aromatic rings. The fraction of sp³-hybridized carbons (Fsp3) is 0.381. The molecule has 0 spiro atoms. The van der Waals surface area contributed by atoms with Crippen molar-refractivity contribution in [3.63, 3.8) is 0 Å². The molecule has 0 aliphatic carbocycles. The van der Waals surface area contributed by atoms with Crippen molar-refractivity contribution in [3.8, 4) is 0 Å². The van der Waals surface area contributed by atoms with Crippen molar-refractivity contribution in [2.75, 3.05) is 20.2 Å². The van der Waals surface area contributed by atoms with Crippen LogP contribution < -0.4 is 5.32 Å². The maximum absolute atomic E-state index is 12.5. The van der Waals surface area contributed by atoms with Crippen LogP contribution in [0.1, 0.15) is 29.6 Å². The van der Waals surface area contributed by atoms with Crippen LogP contribution in [0.25, 0.3) is 10.8 Å². The first-order chi connectivity index (χ1) is 13.5. The number of aliphatic carboxylic acids is 1. The maximum atomic E-state index is 12.5. The van der Waals surface area contributed by atoms with Crippen molar-refractivity contribution in [1.82, 2.24) is 10.2 Å². The normalized spacial score (nSPS) is 19.0. The second-order valence-corrected chi connectivity index (χ2v) is 6.96. The van der Waals surface area contributed by atoms with Gasteiger partial charge in [-0.2, -0.15) is 0 Å². The van der Waals surface area contributed by atoms with E-state index in [0.29, 0.717) is 18.5 Å². The number of nitrogens with zero attached hydrogens (tertiary/aromatic N) is 1. The summed E-state index contributed by atoms with van der Waals surface area (Å²) < 4.78 is 5.28. The van der Waals surface area contributed by atoms with Crippen molar-refractivity contribution in [3.05, 3.63) is 48.0 Å².